The van der Waals surface area contributed by atoms with E-state index in [1.165, 1.54) is 0 Å². The molecule has 0 saturated heterocycles. The molecule has 1 amide bonds. The Morgan fingerprint density at radius 1 is 1.35 bits per heavy atom. The first kappa shape index (κ1) is 17.1. The molecule has 1 atom stereocenters. The summed E-state index contributed by atoms with van der Waals surface area (Å²) in [4.78, 5) is 30.9. The van der Waals surface area contributed by atoms with Crippen molar-refractivity contribution in [3.8, 4) is 0 Å². The number of carbonyl (C=O) groups excluding carboxylic acids is 1. The van der Waals surface area contributed by atoms with E-state index in [0.29, 0.717) is 10.9 Å². The third-order valence-electron chi connectivity index (χ3n) is 3.96. The summed E-state index contributed by atoms with van der Waals surface area (Å²) in [7, 11) is 0. The van der Waals surface area contributed by atoms with Gasteiger partial charge in [-0.1, -0.05) is 39.8 Å². The average molecular weight is 317 g/mol. The molecule has 0 aliphatic carbocycles. The minimum absolute atomic E-state index is 0.0245. The van der Waals surface area contributed by atoms with Gasteiger partial charge in [0, 0.05) is 12.0 Å². The standard InChI is InChI=1S/C17H23N3O3/c1-10(2)13(21)17(3,4)9-18-16(23)14-19-12-8-6-5-7-11(12)15(22)20-14/h5-8,10,13,21H,9H2,1-4H3,(H,18,23)(H,19,20,22). The van der Waals surface area contributed by atoms with Crippen molar-refractivity contribution in [1.29, 1.82) is 0 Å². The highest BCUT2D eigenvalue weighted by Crippen LogP contribution is 2.25. The lowest BCUT2D eigenvalue weighted by molar-refractivity contribution is 0.0137. The van der Waals surface area contributed by atoms with Crippen LogP contribution in [0, 0.1) is 11.3 Å². The highest BCUT2D eigenvalue weighted by Gasteiger charge is 2.30. The normalized spacial score (nSPS) is 13.3. The average Bonchev–Trinajstić information content (AvgIpc) is 2.51. The van der Waals surface area contributed by atoms with E-state index in [0.717, 1.165) is 0 Å². The maximum atomic E-state index is 12.3. The zero-order valence-corrected chi connectivity index (χ0v) is 13.9. The number of carbonyl (C=O) groups is 1. The van der Waals surface area contributed by atoms with Gasteiger partial charge in [-0.2, -0.15) is 0 Å². The molecule has 1 heterocycles. The fourth-order valence-corrected chi connectivity index (χ4v) is 2.59. The molecule has 0 bridgehead atoms. The lowest BCUT2D eigenvalue weighted by atomic mass is 9.81. The van der Waals surface area contributed by atoms with Crippen LogP contribution in [0.4, 0.5) is 0 Å². The SMILES string of the molecule is CC(C)C(O)C(C)(C)CNC(=O)c1nc2ccccc2c(=O)[nH]1. The molecule has 2 aromatic rings. The predicted molar refractivity (Wildman–Crippen MR) is 89.3 cm³/mol. The van der Waals surface area contributed by atoms with E-state index in [4.69, 9.17) is 0 Å². The summed E-state index contributed by atoms with van der Waals surface area (Å²) in [5.41, 5.74) is -0.355. The predicted octanol–water partition coefficient (Wildman–Crippen LogP) is 1.70. The van der Waals surface area contributed by atoms with Crippen LogP contribution < -0.4 is 10.9 Å². The van der Waals surface area contributed by atoms with Crippen molar-refractivity contribution < 1.29 is 9.90 Å². The number of aliphatic hydroxyl groups excluding tert-OH is 1. The Kier molecular flexibility index (Phi) is 4.85. The van der Waals surface area contributed by atoms with E-state index >= 15 is 0 Å². The summed E-state index contributed by atoms with van der Waals surface area (Å²) >= 11 is 0. The maximum Gasteiger partial charge on any atom is 0.287 e. The van der Waals surface area contributed by atoms with Crippen molar-refractivity contribution in [2.45, 2.75) is 33.8 Å². The second-order valence-corrected chi connectivity index (χ2v) is 6.79. The second-order valence-electron chi connectivity index (χ2n) is 6.79. The molecule has 0 spiro atoms. The van der Waals surface area contributed by atoms with Crippen LogP contribution in [-0.2, 0) is 0 Å². The molecule has 2 rings (SSSR count). The van der Waals surface area contributed by atoms with E-state index in [1.807, 2.05) is 27.7 Å². The van der Waals surface area contributed by atoms with Crippen molar-refractivity contribution in [2.75, 3.05) is 6.54 Å². The van der Waals surface area contributed by atoms with E-state index in [-0.39, 0.29) is 23.8 Å². The molecule has 124 valence electrons. The summed E-state index contributed by atoms with van der Waals surface area (Å²) in [5.74, 6) is -0.402. The number of nitrogens with zero attached hydrogens (tertiary/aromatic N) is 1. The van der Waals surface area contributed by atoms with E-state index in [1.54, 1.807) is 24.3 Å². The van der Waals surface area contributed by atoms with Crippen LogP contribution in [0.3, 0.4) is 0 Å². The fourth-order valence-electron chi connectivity index (χ4n) is 2.59. The van der Waals surface area contributed by atoms with E-state index in [9.17, 15) is 14.7 Å². The zero-order chi connectivity index (χ0) is 17.2. The van der Waals surface area contributed by atoms with E-state index in [2.05, 4.69) is 15.3 Å². The highest BCUT2D eigenvalue weighted by atomic mass is 16.3. The van der Waals surface area contributed by atoms with Gasteiger partial charge in [-0.05, 0) is 18.1 Å². The third kappa shape index (κ3) is 3.76. The number of aromatic nitrogens is 2. The first-order chi connectivity index (χ1) is 10.7. The molecule has 0 fully saturated rings. The molecule has 0 radical (unpaired) electrons. The van der Waals surface area contributed by atoms with Crippen LogP contribution in [0.2, 0.25) is 0 Å². The Balaban J connectivity index is 2.17. The van der Waals surface area contributed by atoms with Crippen LogP contribution in [0.25, 0.3) is 10.9 Å². The lowest BCUT2D eigenvalue weighted by Crippen LogP contribution is -2.44. The molecule has 0 aliphatic heterocycles. The van der Waals surface area contributed by atoms with Crippen LogP contribution in [0.15, 0.2) is 29.1 Å². The van der Waals surface area contributed by atoms with Gasteiger partial charge in [0.15, 0.2) is 5.82 Å². The van der Waals surface area contributed by atoms with Gasteiger partial charge in [0.1, 0.15) is 0 Å². The molecular weight excluding hydrogens is 294 g/mol. The highest BCUT2D eigenvalue weighted by molar-refractivity contribution is 5.92. The zero-order valence-electron chi connectivity index (χ0n) is 13.9. The number of fused-ring (bicyclic) bond motifs is 1. The van der Waals surface area contributed by atoms with E-state index < -0.39 is 17.4 Å². The van der Waals surface area contributed by atoms with Gasteiger partial charge in [-0.15, -0.1) is 0 Å². The number of para-hydroxylation sites is 1. The van der Waals surface area contributed by atoms with Gasteiger partial charge in [-0.25, -0.2) is 4.98 Å². The van der Waals surface area contributed by atoms with Gasteiger partial charge in [0.25, 0.3) is 11.5 Å². The number of aliphatic hydroxyl groups is 1. The molecule has 1 aromatic heterocycles. The first-order valence-electron chi connectivity index (χ1n) is 7.67. The Morgan fingerprint density at radius 2 is 2.00 bits per heavy atom. The summed E-state index contributed by atoms with van der Waals surface area (Å²) < 4.78 is 0. The summed E-state index contributed by atoms with van der Waals surface area (Å²) in [6.45, 7) is 7.90. The molecule has 6 heteroatoms. The van der Waals surface area contributed by atoms with Gasteiger partial charge >= 0.3 is 0 Å². The number of hydrogen-bond donors (Lipinski definition) is 3. The largest absolute Gasteiger partial charge is 0.392 e. The Labute approximate surface area is 135 Å². The summed E-state index contributed by atoms with van der Waals surface area (Å²) in [6.07, 6.45) is -0.550. The van der Waals surface area contributed by atoms with Crippen LogP contribution in [0.1, 0.15) is 38.3 Å². The number of amides is 1. The third-order valence-corrected chi connectivity index (χ3v) is 3.96. The monoisotopic (exact) mass is 317 g/mol. The number of nitrogens with one attached hydrogen (secondary N) is 2. The topological polar surface area (TPSA) is 95.1 Å². The number of hydrogen-bond acceptors (Lipinski definition) is 4. The molecule has 0 aliphatic rings. The minimum atomic E-state index is -0.550. The van der Waals surface area contributed by atoms with Crippen LogP contribution in [-0.4, -0.2) is 33.6 Å². The molecule has 6 nitrogen and oxygen atoms in total. The molecular formula is C17H23N3O3. The number of benzene rings is 1. The fraction of sp³-hybridized carbons (Fsp3) is 0.471. The van der Waals surface area contributed by atoms with Gasteiger partial charge in [-0.3, -0.25) is 9.59 Å². The van der Waals surface area contributed by atoms with Gasteiger partial charge in [0.05, 0.1) is 17.0 Å². The van der Waals surface area contributed by atoms with Crippen LogP contribution >= 0.6 is 0 Å². The first-order valence-corrected chi connectivity index (χ1v) is 7.67. The lowest BCUT2D eigenvalue weighted by Gasteiger charge is -2.33. The quantitative estimate of drug-likeness (QED) is 0.782. The molecule has 1 aromatic carbocycles. The van der Waals surface area contributed by atoms with Crippen molar-refractivity contribution in [2.24, 2.45) is 11.3 Å². The number of rotatable bonds is 5. The van der Waals surface area contributed by atoms with Crippen LogP contribution in [0.5, 0.6) is 0 Å². The van der Waals surface area contributed by atoms with Crippen molar-refractivity contribution in [3.63, 3.8) is 0 Å². The summed E-state index contributed by atoms with van der Waals surface area (Å²) in [5, 5.41) is 13.4. The molecule has 3 N–H and O–H groups in total. The maximum absolute atomic E-state index is 12.3. The smallest absolute Gasteiger partial charge is 0.287 e. The van der Waals surface area contributed by atoms with Crippen molar-refractivity contribution >= 4 is 16.8 Å². The van der Waals surface area contributed by atoms with Crippen molar-refractivity contribution in [3.05, 3.63) is 40.4 Å². The van der Waals surface area contributed by atoms with Crippen molar-refractivity contribution in [1.82, 2.24) is 15.3 Å². The van der Waals surface area contributed by atoms with Gasteiger partial charge in [0.2, 0.25) is 0 Å². The molecule has 0 saturated carbocycles. The molecule has 1 unspecified atom stereocenters. The number of H-pyrrole nitrogens is 1. The number of aromatic amines is 1. The Morgan fingerprint density at radius 3 is 2.65 bits per heavy atom. The Hall–Kier alpha value is -2.21. The van der Waals surface area contributed by atoms with Gasteiger partial charge < -0.3 is 15.4 Å². The second kappa shape index (κ2) is 6.50. The molecule has 23 heavy (non-hydrogen) atoms. The summed E-state index contributed by atoms with van der Waals surface area (Å²) in [6, 6.07) is 6.85. The Bertz CT molecular complexity index is 765. The minimum Gasteiger partial charge on any atom is -0.392 e.